The summed E-state index contributed by atoms with van der Waals surface area (Å²) >= 11 is 0. The molecule has 1 aromatic carbocycles. The van der Waals surface area contributed by atoms with Crippen molar-refractivity contribution < 1.29 is 27.3 Å². The Labute approximate surface area is 163 Å². The minimum absolute atomic E-state index is 0.0233. The van der Waals surface area contributed by atoms with Crippen molar-refractivity contribution in [3.8, 4) is 0 Å². The van der Waals surface area contributed by atoms with E-state index in [9.17, 15) is 18.0 Å². The van der Waals surface area contributed by atoms with Gasteiger partial charge in [0.1, 0.15) is 5.76 Å². The van der Waals surface area contributed by atoms with Gasteiger partial charge in [-0.2, -0.15) is 4.31 Å². The van der Waals surface area contributed by atoms with E-state index in [1.807, 2.05) is 0 Å². The molecule has 0 radical (unpaired) electrons. The van der Waals surface area contributed by atoms with Gasteiger partial charge in [0.15, 0.2) is 11.9 Å². The Morgan fingerprint density at radius 2 is 1.89 bits per heavy atom. The zero-order valence-electron chi connectivity index (χ0n) is 16.3. The second-order valence-electron chi connectivity index (χ2n) is 6.50. The molecule has 2 aromatic rings. The van der Waals surface area contributed by atoms with E-state index in [1.165, 1.54) is 48.6 Å². The quantitative estimate of drug-likeness (QED) is 0.696. The number of ether oxygens (including phenoxy) is 1. The topological polar surface area (TPSA) is 119 Å². The Morgan fingerprint density at radius 3 is 2.46 bits per heavy atom. The summed E-state index contributed by atoms with van der Waals surface area (Å²) in [5.74, 6) is -0.687. The normalized spacial score (nSPS) is 12.8. The highest BCUT2D eigenvalue weighted by Gasteiger charge is 2.25. The molecule has 0 bridgehead atoms. The highest BCUT2D eigenvalue weighted by atomic mass is 32.2. The number of carbonyl (C=O) groups excluding carboxylic acids is 2. The van der Waals surface area contributed by atoms with Crippen LogP contribution in [0.2, 0.25) is 0 Å². The maximum Gasteiger partial charge on any atom is 0.338 e. The molecule has 0 unspecified atom stereocenters. The third-order valence-electron chi connectivity index (χ3n) is 4.01. The maximum absolute atomic E-state index is 12.6. The van der Waals surface area contributed by atoms with Crippen LogP contribution in [0.15, 0.2) is 39.8 Å². The highest BCUT2D eigenvalue weighted by Crippen LogP contribution is 2.19. The van der Waals surface area contributed by atoms with E-state index in [-0.39, 0.29) is 22.3 Å². The minimum atomic E-state index is -3.75. The van der Waals surface area contributed by atoms with Crippen LogP contribution in [0, 0.1) is 6.92 Å². The van der Waals surface area contributed by atoms with Gasteiger partial charge in [-0.15, -0.1) is 0 Å². The van der Waals surface area contributed by atoms with E-state index in [4.69, 9.17) is 9.26 Å². The van der Waals surface area contributed by atoms with Gasteiger partial charge in [-0.05, 0) is 45.9 Å². The van der Waals surface area contributed by atoms with E-state index < -0.39 is 28.0 Å². The summed E-state index contributed by atoms with van der Waals surface area (Å²) in [6.45, 7) is 6.55. The summed E-state index contributed by atoms with van der Waals surface area (Å²) in [6, 6.07) is 6.76. The SMILES string of the molecule is Cc1cc(NC(=O)[C@H](C)OC(=O)c2cccc(S(=O)(=O)N(C)C(C)C)c2)no1. The van der Waals surface area contributed by atoms with Gasteiger partial charge in [0.25, 0.3) is 5.91 Å². The lowest BCUT2D eigenvalue weighted by molar-refractivity contribution is -0.123. The molecule has 1 N–H and O–H groups in total. The monoisotopic (exact) mass is 409 g/mol. The number of esters is 1. The van der Waals surface area contributed by atoms with Crippen molar-refractivity contribution in [2.24, 2.45) is 0 Å². The van der Waals surface area contributed by atoms with Crippen molar-refractivity contribution >= 4 is 27.7 Å². The summed E-state index contributed by atoms with van der Waals surface area (Å²) in [5, 5.41) is 6.08. The first-order chi connectivity index (χ1) is 13.0. The average molecular weight is 409 g/mol. The van der Waals surface area contributed by atoms with Crippen molar-refractivity contribution in [1.82, 2.24) is 9.46 Å². The van der Waals surface area contributed by atoms with Crippen LogP contribution in [0.5, 0.6) is 0 Å². The van der Waals surface area contributed by atoms with Gasteiger partial charge in [0.2, 0.25) is 10.0 Å². The van der Waals surface area contributed by atoms with E-state index in [2.05, 4.69) is 10.5 Å². The number of rotatable bonds is 7. The van der Waals surface area contributed by atoms with Crippen molar-refractivity contribution in [2.45, 2.75) is 44.7 Å². The predicted molar refractivity (Wildman–Crippen MR) is 101 cm³/mol. The first-order valence-corrected chi connectivity index (χ1v) is 9.99. The van der Waals surface area contributed by atoms with Crippen LogP contribution in [0.1, 0.15) is 36.9 Å². The smallest absolute Gasteiger partial charge is 0.338 e. The van der Waals surface area contributed by atoms with Crippen molar-refractivity contribution in [2.75, 3.05) is 12.4 Å². The average Bonchev–Trinajstić information content (AvgIpc) is 3.05. The molecule has 0 saturated heterocycles. The number of hydrogen-bond donors (Lipinski definition) is 1. The van der Waals surface area contributed by atoms with Gasteiger partial charge in [-0.3, -0.25) is 4.79 Å². The summed E-state index contributed by atoms with van der Waals surface area (Å²) < 4.78 is 36.3. The number of nitrogens with one attached hydrogen (secondary N) is 1. The Kier molecular flexibility index (Phi) is 6.57. The summed E-state index contributed by atoms with van der Waals surface area (Å²) in [4.78, 5) is 24.4. The van der Waals surface area contributed by atoms with Crippen LogP contribution in [0.4, 0.5) is 5.82 Å². The zero-order chi connectivity index (χ0) is 21.1. The van der Waals surface area contributed by atoms with Crippen LogP contribution in [0.25, 0.3) is 0 Å². The lowest BCUT2D eigenvalue weighted by atomic mass is 10.2. The number of benzene rings is 1. The van der Waals surface area contributed by atoms with Gasteiger partial charge >= 0.3 is 5.97 Å². The van der Waals surface area contributed by atoms with E-state index in [0.29, 0.717) is 5.76 Å². The molecule has 152 valence electrons. The molecule has 1 aromatic heterocycles. The fourth-order valence-corrected chi connectivity index (χ4v) is 3.58. The van der Waals surface area contributed by atoms with Crippen LogP contribution in [-0.2, 0) is 19.6 Å². The van der Waals surface area contributed by atoms with Gasteiger partial charge in [0.05, 0.1) is 10.5 Å². The molecule has 0 saturated carbocycles. The Bertz CT molecular complexity index is 967. The first kappa shape index (κ1) is 21.6. The van der Waals surface area contributed by atoms with Crippen molar-refractivity contribution in [3.63, 3.8) is 0 Å². The molecule has 28 heavy (non-hydrogen) atoms. The second kappa shape index (κ2) is 8.53. The maximum atomic E-state index is 12.6. The molecule has 0 spiro atoms. The van der Waals surface area contributed by atoms with Crippen molar-refractivity contribution in [1.29, 1.82) is 0 Å². The fraction of sp³-hybridized carbons (Fsp3) is 0.389. The van der Waals surface area contributed by atoms with E-state index >= 15 is 0 Å². The van der Waals surface area contributed by atoms with E-state index in [0.717, 1.165) is 0 Å². The van der Waals surface area contributed by atoms with Crippen LogP contribution in [0.3, 0.4) is 0 Å². The molecule has 0 aliphatic carbocycles. The number of aromatic nitrogens is 1. The molecular weight excluding hydrogens is 386 g/mol. The number of nitrogens with zero attached hydrogens (tertiary/aromatic N) is 2. The Hall–Kier alpha value is -2.72. The number of aryl methyl sites for hydroxylation is 1. The van der Waals surface area contributed by atoms with Crippen LogP contribution in [-0.4, -0.2) is 48.9 Å². The molecule has 0 aliphatic rings. The molecule has 1 heterocycles. The molecule has 1 amide bonds. The summed E-state index contributed by atoms with van der Waals surface area (Å²) in [6.07, 6.45) is -1.12. The molecule has 9 nitrogen and oxygen atoms in total. The number of sulfonamides is 1. The lowest BCUT2D eigenvalue weighted by Gasteiger charge is -2.21. The van der Waals surface area contributed by atoms with E-state index in [1.54, 1.807) is 20.8 Å². The predicted octanol–water partition coefficient (Wildman–Crippen LogP) is 2.20. The lowest BCUT2D eigenvalue weighted by Crippen LogP contribution is -2.33. The molecule has 2 rings (SSSR count). The number of anilines is 1. The molecule has 1 atom stereocenters. The van der Waals surface area contributed by atoms with Gasteiger partial charge in [0, 0.05) is 19.2 Å². The minimum Gasteiger partial charge on any atom is -0.449 e. The summed E-state index contributed by atoms with van der Waals surface area (Å²) in [7, 11) is -2.29. The number of hydrogen-bond acceptors (Lipinski definition) is 7. The summed E-state index contributed by atoms with van der Waals surface area (Å²) in [5.41, 5.74) is 0.0233. The van der Waals surface area contributed by atoms with Crippen LogP contribution >= 0.6 is 0 Å². The zero-order valence-corrected chi connectivity index (χ0v) is 17.1. The highest BCUT2D eigenvalue weighted by molar-refractivity contribution is 7.89. The molecule has 0 fully saturated rings. The van der Waals surface area contributed by atoms with Gasteiger partial charge in [-0.25, -0.2) is 13.2 Å². The van der Waals surface area contributed by atoms with Gasteiger partial charge < -0.3 is 14.6 Å². The third-order valence-corrected chi connectivity index (χ3v) is 6.04. The molecule has 0 aliphatic heterocycles. The van der Waals surface area contributed by atoms with Crippen molar-refractivity contribution in [3.05, 3.63) is 41.7 Å². The second-order valence-corrected chi connectivity index (χ2v) is 8.50. The number of amides is 1. The first-order valence-electron chi connectivity index (χ1n) is 8.55. The standard InChI is InChI=1S/C18H23N3O6S/c1-11(2)21(5)28(24,25)15-8-6-7-14(10-15)18(23)26-13(4)17(22)19-16-9-12(3)27-20-16/h6-11,13H,1-5H3,(H,19,20,22)/t13-/m0/s1. The molecule has 10 heteroatoms. The third kappa shape index (κ3) is 4.96. The van der Waals surface area contributed by atoms with Gasteiger partial charge in [-0.1, -0.05) is 11.2 Å². The Morgan fingerprint density at radius 1 is 1.21 bits per heavy atom. The van der Waals surface area contributed by atoms with Crippen LogP contribution < -0.4 is 5.32 Å². The Balaban J connectivity index is 2.11. The largest absolute Gasteiger partial charge is 0.449 e. The number of carbonyl (C=O) groups is 2. The molecular formula is C18H23N3O6S. The fourth-order valence-electron chi connectivity index (χ4n) is 2.16.